The van der Waals surface area contributed by atoms with E-state index in [-0.39, 0.29) is 5.92 Å². The van der Waals surface area contributed by atoms with E-state index >= 15 is 0 Å². The van der Waals surface area contributed by atoms with Crippen LogP contribution in [0.15, 0.2) is 0 Å². The van der Waals surface area contributed by atoms with Crippen LogP contribution < -0.4 is 10.4 Å². The molecule has 0 aromatic heterocycles. The van der Waals surface area contributed by atoms with E-state index in [0.717, 1.165) is 4.43 Å². The van der Waals surface area contributed by atoms with E-state index in [2.05, 4.69) is 39.7 Å². The Bertz CT molecular complexity index is 183. The van der Waals surface area contributed by atoms with Gasteiger partial charge in [-0.05, 0) is 6.92 Å². The van der Waals surface area contributed by atoms with Crippen LogP contribution in [0.2, 0.25) is 0 Å². The lowest BCUT2D eigenvalue weighted by molar-refractivity contribution is -0.250. The maximum atomic E-state index is 9.95. The molecule has 0 rings (SSSR count). The first kappa shape index (κ1) is 10.6. The summed E-state index contributed by atoms with van der Waals surface area (Å²) in [6, 6.07) is 0. The van der Waals surface area contributed by atoms with Gasteiger partial charge in [-0.25, -0.2) is 0 Å². The third kappa shape index (κ3) is 5.98. The first-order valence-corrected chi connectivity index (χ1v) is 4.66. The molecule has 0 aromatic rings. The molecule has 0 spiro atoms. The number of carbonyl (C=O) groups is 1. The van der Waals surface area contributed by atoms with Gasteiger partial charge < -0.3 is 15.2 Å². The number of hydrogen-bond acceptors (Lipinski definition) is 2. The molecule has 0 saturated carbocycles. The molecule has 62 valence electrons. The molecule has 1 atom stereocenters. The molecular weight excluding hydrogens is 257 g/mol. The zero-order valence-electron chi connectivity index (χ0n) is 6.19. The topological polar surface area (TPSA) is 52.2 Å². The fourth-order valence-corrected chi connectivity index (χ4v) is 1.09. The lowest BCUT2D eigenvalue weighted by Gasteiger charge is -2.09. The molecule has 0 aliphatic heterocycles. The highest BCUT2D eigenvalue weighted by Gasteiger charge is 2.00. The maximum Gasteiger partial charge on any atom is 0.134 e. The minimum atomic E-state index is -1.24. The average Bonchev–Trinajstić information content (AvgIpc) is 1.97. The van der Waals surface area contributed by atoms with Crippen LogP contribution in [0.25, 0.3) is 0 Å². The van der Waals surface area contributed by atoms with Crippen LogP contribution in [0.5, 0.6) is 0 Å². The van der Waals surface area contributed by atoms with Crippen LogP contribution in [-0.4, -0.2) is 17.1 Å². The Morgan fingerprint density at radius 2 is 2.45 bits per heavy atom. The van der Waals surface area contributed by atoms with E-state index in [1.807, 2.05) is 0 Å². The summed E-state index contributed by atoms with van der Waals surface area (Å²) in [6.07, 6.45) is -1.24. The molecular formula is C7H9INO2-. The van der Waals surface area contributed by atoms with E-state index in [1.54, 1.807) is 6.92 Å². The highest BCUT2D eigenvalue weighted by Crippen LogP contribution is 1.97. The number of nitrogens with one attached hydrogen (secondary N) is 1. The fraction of sp³-hybridized carbons (Fsp3) is 0.571. The highest BCUT2D eigenvalue weighted by atomic mass is 127. The SMILES string of the molecule is CC#CC(CI)CNC(=O)[O-]. The Morgan fingerprint density at radius 3 is 2.82 bits per heavy atom. The summed E-state index contributed by atoms with van der Waals surface area (Å²) < 4.78 is 0.818. The van der Waals surface area contributed by atoms with Gasteiger partial charge in [0.05, 0.1) is 0 Å². The normalized spacial score (nSPS) is 11.1. The summed E-state index contributed by atoms with van der Waals surface area (Å²) in [4.78, 5) is 9.95. The van der Waals surface area contributed by atoms with Crippen LogP contribution in [0.1, 0.15) is 6.92 Å². The first-order valence-electron chi connectivity index (χ1n) is 3.13. The predicted molar refractivity (Wildman–Crippen MR) is 49.2 cm³/mol. The minimum Gasteiger partial charge on any atom is -0.530 e. The van der Waals surface area contributed by atoms with E-state index in [9.17, 15) is 9.90 Å². The van der Waals surface area contributed by atoms with E-state index in [4.69, 9.17) is 0 Å². The van der Waals surface area contributed by atoms with Gasteiger partial charge in [-0.3, -0.25) is 0 Å². The maximum absolute atomic E-state index is 9.95. The average molecular weight is 266 g/mol. The summed E-state index contributed by atoms with van der Waals surface area (Å²) >= 11 is 2.16. The molecule has 1 N–H and O–H groups in total. The molecule has 0 aliphatic carbocycles. The third-order valence-corrected chi connectivity index (χ3v) is 2.09. The Balaban J connectivity index is 3.66. The third-order valence-electron chi connectivity index (χ3n) is 1.03. The number of rotatable bonds is 3. The highest BCUT2D eigenvalue weighted by molar-refractivity contribution is 14.1. The van der Waals surface area contributed by atoms with Crippen LogP contribution in [0.3, 0.4) is 0 Å². The molecule has 0 aromatic carbocycles. The molecule has 11 heavy (non-hydrogen) atoms. The van der Waals surface area contributed by atoms with Crippen LogP contribution in [0, 0.1) is 17.8 Å². The smallest absolute Gasteiger partial charge is 0.134 e. The fourth-order valence-electron chi connectivity index (χ4n) is 0.555. The second-order valence-electron chi connectivity index (χ2n) is 1.91. The molecule has 0 bridgehead atoms. The molecule has 1 unspecified atom stereocenters. The molecule has 1 amide bonds. The quantitative estimate of drug-likeness (QED) is 0.444. The summed E-state index contributed by atoms with van der Waals surface area (Å²) in [5, 5.41) is 12.1. The largest absolute Gasteiger partial charge is 0.530 e. The first-order chi connectivity index (χ1) is 5.20. The number of carboxylic acid groups (broad SMARTS) is 1. The summed E-state index contributed by atoms with van der Waals surface area (Å²) in [6.45, 7) is 2.09. The van der Waals surface area contributed by atoms with Crippen molar-refractivity contribution in [3.63, 3.8) is 0 Å². The van der Waals surface area contributed by atoms with Crippen molar-refractivity contribution in [1.29, 1.82) is 0 Å². The van der Waals surface area contributed by atoms with Crippen molar-refractivity contribution in [1.82, 2.24) is 5.32 Å². The minimum absolute atomic E-state index is 0.0958. The van der Waals surface area contributed by atoms with Crippen molar-refractivity contribution in [3.05, 3.63) is 0 Å². The van der Waals surface area contributed by atoms with Gasteiger partial charge in [0.15, 0.2) is 0 Å². The summed E-state index contributed by atoms with van der Waals surface area (Å²) in [7, 11) is 0. The molecule has 0 radical (unpaired) electrons. The van der Waals surface area contributed by atoms with Crippen molar-refractivity contribution in [2.45, 2.75) is 6.92 Å². The second kappa shape index (κ2) is 6.28. The second-order valence-corrected chi connectivity index (χ2v) is 2.79. The summed E-state index contributed by atoms with van der Waals surface area (Å²) in [5.41, 5.74) is 0. The molecule has 0 saturated heterocycles. The van der Waals surface area contributed by atoms with Gasteiger partial charge in [0.2, 0.25) is 0 Å². The summed E-state index contributed by atoms with van der Waals surface area (Å²) in [5.74, 6) is 5.71. The number of carbonyl (C=O) groups excluding carboxylic acids is 1. The van der Waals surface area contributed by atoms with Gasteiger partial charge in [0, 0.05) is 16.9 Å². The van der Waals surface area contributed by atoms with E-state index in [1.165, 1.54) is 0 Å². The van der Waals surface area contributed by atoms with Crippen molar-refractivity contribution in [2.24, 2.45) is 5.92 Å². The Morgan fingerprint density at radius 1 is 1.82 bits per heavy atom. The molecule has 0 fully saturated rings. The van der Waals surface area contributed by atoms with Crippen LogP contribution >= 0.6 is 22.6 Å². The van der Waals surface area contributed by atoms with Gasteiger partial charge in [-0.1, -0.05) is 28.5 Å². The van der Waals surface area contributed by atoms with Crippen molar-refractivity contribution < 1.29 is 9.90 Å². The van der Waals surface area contributed by atoms with Crippen molar-refractivity contribution in [3.8, 4) is 11.8 Å². The van der Waals surface area contributed by atoms with Gasteiger partial charge >= 0.3 is 0 Å². The lowest BCUT2D eigenvalue weighted by Crippen LogP contribution is -2.39. The molecule has 3 nitrogen and oxygen atoms in total. The number of halogens is 1. The predicted octanol–water partition coefficient (Wildman–Crippen LogP) is -0.00620. The molecule has 4 heteroatoms. The Hall–Kier alpha value is -0.440. The Kier molecular flexibility index (Phi) is 6.03. The van der Waals surface area contributed by atoms with E-state index < -0.39 is 6.09 Å². The monoisotopic (exact) mass is 266 g/mol. The number of hydrogen-bond donors (Lipinski definition) is 1. The van der Waals surface area contributed by atoms with Crippen molar-refractivity contribution in [2.75, 3.05) is 11.0 Å². The van der Waals surface area contributed by atoms with Gasteiger partial charge in [0.25, 0.3) is 0 Å². The zero-order chi connectivity index (χ0) is 8.69. The number of amides is 1. The standard InChI is InChI=1S/C7H10INO2/c1-2-3-6(4-8)5-9-7(10)11/h6,9H,4-5H2,1H3,(H,10,11)/p-1. The Labute approximate surface area is 79.7 Å². The van der Waals surface area contributed by atoms with Crippen LogP contribution in [0.4, 0.5) is 4.79 Å². The van der Waals surface area contributed by atoms with Crippen molar-refractivity contribution >= 4 is 28.7 Å². The van der Waals surface area contributed by atoms with Gasteiger partial charge in [-0.2, -0.15) is 0 Å². The van der Waals surface area contributed by atoms with Gasteiger partial charge in [0.1, 0.15) is 6.09 Å². The van der Waals surface area contributed by atoms with E-state index in [0.29, 0.717) is 6.54 Å². The zero-order valence-corrected chi connectivity index (χ0v) is 8.34. The number of alkyl halides is 1. The lowest BCUT2D eigenvalue weighted by atomic mass is 10.2. The van der Waals surface area contributed by atoms with Gasteiger partial charge in [-0.15, -0.1) is 5.92 Å². The molecule has 0 heterocycles. The van der Waals surface area contributed by atoms with Crippen LogP contribution in [-0.2, 0) is 0 Å². The molecule has 0 aliphatic rings.